The van der Waals surface area contributed by atoms with Crippen molar-refractivity contribution in [1.29, 1.82) is 0 Å². The van der Waals surface area contributed by atoms with Crippen molar-refractivity contribution >= 4 is 21.8 Å². The zero-order valence-electron chi connectivity index (χ0n) is 19.7. The molecule has 0 spiro atoms. The van der Waals surface area contributed by atoms with Crippen molar-refractivity contribution in [2.75, 3.05) is 0 Å². The Balaban J connectivity index is 1.43. The van der Waals surface area contributed by atoms with Crippen molar-refractivity contribution < 1.29 is 22.7 Å². The predicted octanol–water partition coefficient (Wildman–Crippen LogP) is 2.99. The van der Waals surface area contributed by atoms with E-state index in [1.54, 1.807) is 12.1 Å². The molecule has 2 amide bonds. The van der Waals surface area contributed by atoms with Gasteiger partial charge in [-0.05, 0) is 37.5 Å². The van der Waals surface area contributed by atoms with Crippen LogP contribution in [-0.2, 0) is 31.0 Å². The standard InChI is InChI=1S/C26H31N3O5S/c1-19-11-13-21(14-12-19)35(32,33)29-16-15-27-26(31)23(29)17-25(30)28-22-9-5-6-10-24(22)34-18-20-7-3-2-4-8-20/h2-4,7-8,11-16,22-24H,5-6,9-10,17-18H2,1H3,(H,27,31)(H,28,30)/t22-,23-,24-/m1/s1. The fourth-order valence-electron chi connectivity index (χ4n) is 4.45. The van der Waals surface area contributed by atoms with Crippen molar-refractivity contribution in [1.82, 2.24) is 14.9 Å². The van der Waals surface area contributed by atoms with Crippen molar-refractivity contribution in [2.24, 2.45) is 0 Å². The maximum atomic E-state index is 13.2. The number of rotatable bonds is 8. The summed E-state index contributed by atoms with van der Waals surface area (Å²) in [5.41, 5.74) is 1.98. The molecular weight excluding hydrogens is 466 g/mol. The summed E-state index contributed by atoms with van der Waals surface area (Å²) >= 11 is 0. The molecule has 0 radical (unpaired) electrons. The second-order valence-electron chi connectivity index (χ2n) is 8.99. The fourth-order valence-corrected chi connectivity index (χ4v) is 5.90. The summed E-state index contributed by atoms with van der Waals surface area (Å²) in [5, 5.41) is 5.52. The largest absolute Gasteiger partial charge is 0.371 e. The van der Waals surface area contributed by atoms with Gasteiger partial charge in [-0.25, -0.2) is 8.42 Å². The molecule has 2 aliphatic rings. The minimum Gasteiger partial charge on any atom is -0.371 e. The monoisotopic (exact) mass is 497 g/mol. The van der Waals surface area contributed by atoms with Gasteiger partial charge in [0.05, 0.1) is 30.1 Å². The van der Waals surface area contributed by atoms with E-state index in [-0.39, 0.29) is 29.4 Å². The van der Waals surface area contributed by atoms with Crippen LogP contribution in [0.1, 0.15) is 43.2 Å². The first-order valence-electron chi connectivity index (χ1n) is 11.9. The maximum absolute atomic E-state index is 13.2. The molecule has 3 atom stereocenters. The molecule has 0 saturated heterocycles. The number of hydrogen-bond acceptors (Lipinski definition) is 5. The first-order chi connectivity index (χ1) is 16.8. The highest BCUT2D eigenvalue weighted by molar-refractivity contribution is 7.89. The van der Waals surface area contributed by atoms with Gasteiger partial charge in [-0.2, -0.15) is 0 Å². The Bertz CT molecular complexity index is 1170. The number of carbonyl (C=O) groups is 2. The van der Waals surface area contributed by atoms with E-state index in [9.17, 15) is 18.0 Å². The van der Waals surface area contributed by atoms with E-state index >= 15 is 0 Å². The molecule has 35 heavy (non-hydrogen) atoms. The van der Waals surface area contributed by atoms with Gasteiger partial charge < -0.3 is 15.4 Å². The predicted molar refractivity (Wildman–Crippen MR) is 131 cm³/mol. The van der Waals surface area contributed by atoms with Gasteiger partial charge in [0.25, 0.3) is 10.0 Å². The van der Waals surface area contributed by atoms with Gasteiger partial charge in [-0.3, -0.25) is 13.9 Å². The molecule has 0 unspecified atom stereocenters. The quantitative estimate of drug-likeness (QED) is 0.584. The average molecular weight is 498 g/mol. The molecule has 2 N–H and O–H groups in total. The van der Waals surface area contributed by atoms with E-state index in [4.69, 9.17) is 4.74 Å². The molecule has 2 aromatic rings. The Morgan fingerprint density at radius 2 is 1.80 bits per heavy atom. The number of aryl methyl sites for hydroxylation is 1. The molecule has 8 nitrogen and oxygen atoms in total. The fraction of sp³-hybridized carbons (Fsp3) is 0.385. The molecule has 1 fully saturated rings. The summed E-state index contributed by atoms with van der Waals surface area (Å²) in [4.78, 5) is 25.7. The molecule has 9 heteroatoms. The average Bonchev–Trinajstić information content (AvgIpc) is 2.85. The molecule has 1 aliphatic heterocycles. The summed E-state index contributed by atoms with van der Waals surface area (Å²) in [6, 6.07) is 14.9. The topological polar surface area (TPSA) is 105 Å². The Labute approximate surface area is 206 Å². The molecule has 1 aliphatic carbocycles. The number of amides is 2. The Morgan fingerprint density at radius 1 is 1.09 bits per heavy atom. The lowest BCUT2D eigenvalue weighted by Gasteiger charge is -2.34. The van der Waals surface area contributed by atoms with Crippen LogP contribution in [0, 0.1) is 6.92 Å². The second-order valence-corrected chi connectivity index (χ2v) is 10.8. The van der Waals surface area contributed by atoms with Crippen molar-refractivity contribution in [2.45, 2.75) is 68.7 Å². The zero-order chi connectivity index (χ0) is 24.8. The van der Waals surface area contributed by atoms with Gasteiger partial charge in [-0.15, -0.1) is 0 Å². The van der Waals surface area contributed by atoms with Crippen LogP contribution in [0.4, 0.5) is 0 Å². The van der Waals surface area contributed by atoms with E-state index < -0.39 is 22.0 Å². The number of benzene rings is 2. The van der Waals surface area contributed by atoms with Gasteiger partial charge in [0.2, 0.25) is 11.8 Å². The summed E-state index contributed by atoms with van der Waals surface area (Å²) < 4.78 is 33.6. The Morgan fingerprint density at radius 3 is 2.54 bits per heavy atom. The number of nitrogens with one attached hydrogen (secondary N) is 2. The van der Waals surface area contributed by atoms with Gasteiger partial charge in [-0.1, -0.05) is 60.9 Å². The lowest BCUT2D eigenvalue weighted by molar-refractivity contribution is -0.130. The smallest absolute Gasteiger partial charge is 0.264 e. The minimum atomic E-state index is -4.01. The van der Waals surface area contributed by atoms with Crippen LogP contribution >= 0.6 is 0 Å². The van der Waals surface area contributed by atoms with Crippen LogP contribution in [0.25, 0.3) is 0 Å². The molecule has 1 saturated carbocycles. The van der Waals surface area contributed by atoms with E-state index in [2.05, 4.69) is 10.6 Å². The molecule has 2 aromatic carbocycles. The van der Waals surface area contributed by atoms with E-state index in [1.807, 2.05) is 37.3 Å². The first kappa shape index (κ1) is 24.9. The molecule has 0 bridgehead atoms. The minimum absolute atomic E-state index is 0.0644. The first-order valence-corrected chi connectivity index (χ1v) is 13.3. The lowest BCUT2D eigenvalue weighted by atomic mass is 9.92. The highest BCUT2D eigenvalue weighted by atomic mass is 32.2. The third kappa shape index (κ3) is 6.10. The van der Waals surface area contributed by atoms with Gasteiger partial charge in [0, 0.05) is 12.4 Å². The summed E-state index contributed by atoms with van der Waals surface area (Å²) in [6.45, 7) is 2.32. The summed E-state index contributed by atoms with van der Waals surface area (Å²) in [7, 11) is -4.01. The second kappa shape index (κ2) is 11.0. The van der Waals surface area contributed by atoms with Gasteiger partial charge in [0.1, 0.15) is 6.04 Å². The van der Waals surface area contributed by atoms with E-state index in [0.29, 0.717) is 6.61 Å². The summed E-state index contributed by atoms with van der Waals surface area (Å²) in [6.07, 6.45) is 5.73. The van der Waals surface area contributed by atoms with Crippen molar-refractivity contribution in [3.63, 3.8) is 0 Å². The molecule has 0 aromatic heterocycles. The third-order valence-corrected chi connectivity index (χ3v) is 8.19. The van der Waals surface area contributed by atoms with Crippen LogP contribution in [0.15, 0.2) is 71.9 Å². The van der Waals surface area contributed by atoms with Gasteiger partial charge >= 0.3 is 0 Å². The number of carbonyl (C=O) groups excluding carboxylic acids is 2. The van der Waals surface area contributed by atoms with E-state index in [1.165, 1.54) is 24.5 Å². The van der Waals surface area contributed by atoms with Gasteiger partial charge in [0.15, 0.2) is 0 Å². The molecule has 1 heterocycles. The zero-order valence-corrected chi connectivity index (χ0v) is 20.5. The van der Waals surface area contributed by atoms with Crippen molar-refractivity contribution in [3.05, 3.63) is 78.1 Å². The lowest BCUT2D eigenvalue weighted by Crippen LogP contribution is -2.53. The molecular formula is C26H31N3O5S. The number of nitrogens with zero attached hydrogens (tertiary/aromatic N) is 1. The highest BCUT2D eigenvalue weighted by Crippen LogP contribution is 2.25. The normalized spacial score (nSPS) is 22.5. The maximum Gasteiger partial charge on any atom is 0.264 e. The van der Waals surface area contributed by atoms with Crippen LogP contribution in [0.3, 0.4) is 0 Å². The van der Waals surface area contributed by atoms with Crippen molar-refractivity contribution in [3.8, 4) is 0 Å². The Kier molecular flexibility index (Phi) is 7.87. The van der Waals surface area contributed by atoms with Crippen LogP contribution in [0.5, 0.6) is 0 Å². The Hall–Kier alpha value is -3.17. The highest BCUT2D eigenvalue weighted by Gasteiger charge is 2.38. The third-order valence-electron chi connectivity index (χ3n) is 6.39. The number of hydrogen-bond donors (Lipinski definition) is 2. The molecule has 4 rings (SSSR count). The number of ether oxygens (including phenoxy) is 1. The SMILES string of the molecule is Cc1ccc(S(=O)(=O)N2C=CNC(=O)[C@H]2CC(=O)N[C@@H]2CCCC[C@H]2OCc2ccccc2)cc1. The molecule has 186 valence electrons. The van der Waals surface area contributed by atoms with Crippen LogP contribution in [0.2, 0.25) is 0 Å². The summed E-state index contributed by atoms with van der Waals surface area (Å²) in [5.74, 6) is -0.927. The number of sulfonamides is 1. The van der Waals surface area contributed by atoms with Crippen LogP contribution < -0.4 is 10.6 Å². The van der Waals surface area contributed by atoms with Crippen LogP contribution in [-0.4, -0.2) is 42.7 Å². The van der Waals surface area contributed by atoms with E-state index in [0.717, 1.165) is 41.1 Å².